The Bertz CT molecular complexity index is 1010. The molecule has 3 aromatic rings. The SMILES string of the molecule is COc1ccc2c(CC(=O)NNC(=O)COc3ccc(Cl)c(C)c3)coc2c1. The second kappa shape index (κ2) is 8.67. The molecule has 0 aliphatic heterocycles. The maximum Gasteiger partial charge on any atom is 0.276 e. The summed E-state index contributed by atoms with van der Waals surface area (Å²) < 4.78 is 16.0. The number of fused-ring (bicyclic) bond motifs is 1. The van der Waals surface area contributed by atoms with Crippen molar-refractivity contribution in [2.75, 3.05) is 13.7 Å². The lowest BCUT2D eigenvalue weighted by atomic mass is 10.1. The molecule has 0 radical (unpaired) electrons. The highest BCUT2D eigenvalue weighted by atomic mass is 35.5. The van der Waals surface area contributed by atoms with Crippen LogP contribution in [0.2, 0.25) is 5.02 Å². The van der Waals surface area contributed by atoms with Crippen molar-refractivity contribution in [2.24, 2.45) is 0 Å². The minimum atomic E-state index is -0.484. The van der Waals surface area contributed by atoms with Gasteiger partial charge in [-0.05, 0) is 42.8 Å². The first kappa shape index (κ1) is 19.6. The zero-order valence-corrected chi connectivity index (χ0v) is 16.1. The minimum Gasteiger partial charge on any atom is -0.497 e. The Morgan fingerprint density at radius 2 is 1.82 bits per heavy atom. The van der Waals surface area contributed by atoms with Crippen molar-refractivity contribution in [1.29, 1.82) is 0 Å². The van der Waals surface area contributed by atoms with Crippen LogP contribution in [-0.2, 0) is 16.0 Å². The van der Waals surface area contributed by atoms with E-state index in [1.165, 1.54) is 6.26 Å². The molecule has 2 aromatic carbocycles. The van der Waals surface area contributed by atoms with Gasteiger partial charge in [0.05, 0.1) is 19.8 Å². The van der Waals surface area contributed by atoms with E-state index in [0.29, 0.717) is 27.7 Å². The number of hydrogen-bond acceptors (Lipinski definition) is 5. The van der Waals surface area contributed by atoms with Gasteiger partial charge in [-0.1, -0.05) is 11.6 Å². The molecule has 7 nitrogen and oxygen atoms in total. The zero-order valence-electron chi connectivity index (χ0n) is 15.4. The molecular weight excluding hydrogens is 384 g/mol. The van der Waals surface area contributed by atoms with Crippen LogP contribution in [0.15, 0.2) is 47.1 Å². The first-order valence-electron chi connectivity index (χ1n) is 8.47. The van der Waals surface area contributed by atoms with Crippen LogP contribution in [0.3, 0.4) is 0 Å². The van der Waals surface area contributed by atoms with Gasteiger partial charge in [0.2, 0.25) is 5.91 Å². The molecule has 0 aliphatic carbocycles. The lowest BCUT2D eigenvalue weighted by Gasteiger charge is -2.09. The summed E-state index contributed by atoms with van der Waals surface area (Å²) in [5.41, 5.74) is 6.85. The van der Waals surface area contributed by atoms with E-state index in [1.807, 2.05) is 13.0 Å². The Kier molecular flexibility index (Phi) is 6.06. The molecule has 1 aromatic heterocycles. The summed E-state index contributed by atoms with van der Waals surface area (Å²) in [7, 11) is 1.57. The van der Waals surface area contributed by atoms with Crippen LogP contribution in [0.25, 0.3) is 11.0 Å². The van der Waals surface area contributed by atoms with E-state index in [2.05, 4.69) is 10.9 Å². The highest BCUT2D eigenvalue weighted by Crippen LogP contribution is 2.25. The van der Waals surface area contributed by atoms with Gasteiger partial charge < -0.3 is 13.9 Å². The molecule has 28 heavy (non-hydrogen) atoms. The summed E-state index contributed by atoms with van der Waals surface area (Å²) in [4.78, 5) is 23.9. The Hall–Kier alpha value is -3.19. The van der Waals surface area contributed by atoms with Gasteiger partial charge in [0, 0.05) is 22.0 Å². The largest absolute Gasteiger partial charge is 0.497 e. The Morgan fingerprint density at radius 3 is 2.57 bits per heavy atom. The average Bonchev–Trinajstić information content (AvgIpc) is 3.09. The third-order valence-corrected chi connectivity index (χ3v) is 4.48. The van der Waals surface area contributed by atoms with Gasteiger partial charge in [-0.3, -0.25) is 20.4 Å². The van der Waals surface area contributed by atoms with Crippen molar-refractivity contribution in [3.05, 3.63) is 58.8 Å². The predicted molar refractivity (Wildman–Crippen MR) is 104 cm³/mol. The van der Waals surface area contributed by atoms with Crippen molar-refractivity contribution >= 4 is 34.4 Å². The number of nitrogens with one attached hydrogen (secondary N) is 2. The van der Waals surface area contributed by atoms with Gasteiger partial charge in [-0.15, -0.1) is 0 Å². The number of halogens is 1. The van der Waals surface area contributed by atoms with Gasteiger partial charge in [-0.25, -0.2) is 0 Å². The molecule has 0 aliphatic rings. The molecule has 0 bridgehead atoms. The summed E-state index contributed by atoms with van der Waals surface area (Å²) >= 11 is 5.94. The monoisotopic (exact) mass is 402 g/mol. The first-order chi connectivity index (χ1) is 13.5. The average molecular weight is 403 g/mol. The summed E-state index contributed by atoms with van der Waals surface area (Å²) in [6, 6.07) is 10.4. The van der Waals surface area contributed by atoms with Crippen molar-refractivity contribution in [3.63, 3.8) is 0 Å². The van der Waals surface area contributed by atoms with Gasteiger partial charge in [0.25, 0.3) is 5.91 Å². The van der Waals surface area contributed by atoms with Crippen LogP contribution in [0, 0.1) is 6.92 Å². The number of hydrogen-bond donors (Lipinski definition) is 2. The number of hydrazine groups is 1. The van der Waals surface area contributed by atoms with E-state index in [4.69, 9.17) is 25.5 Å². The van der Waals surface area contributed by atoms with Gasteiger partial charge in [-0.2, -0.15) is 0 Å². The highest BCUT2D eigenvalue weighted by molar-refractivity contribution is 6.31. The fourth-order valence-corrected chi connectivity index (χ4v) is 2.69. The summed E-state index contributed by atoms with van der Waals surface area (Å²) in [6.45, 7) is 1.60. The molecular formula is C20H19ClN2O5. The number of carbonyl (C=O) groups is 2. The number of amides is 2. The quantitative estimate of drug-likeness (QED) is 0.618. The summed E-state index contributed by atoms with van der Waals surface area (Å²) in [5.74, 6) is 0.321. The molecule has 0 fully saturated rings. The fraction of sp³-hybridized carbons (Fsp3) is 0.200. The van der Waals surface area contributed by atoms with Crippen LogP contribution in [-0.4, -0.2) is 25.5 Å². The molecule has 3 rings (SSSR count). The summed E-state index contributed by atoms with van der Waals surface area (Å²) in [5, 5.41) is 1.43. The molecule has 0 spiro atoms. The van der Waals surface area contributed by atoms with E-state index < -0.39 is 5.91 Å². The van der Waals surface area contributed by atoms with Crippen LogP contribution < -0.4 is 20.3 Å². The minimum absolute atomic E-state index is 0.0524. The number of benzene rings is 2. The van der Waals surface area contributed by atoms with E-state index in [9.17, 15) is 9.59 Å². The molecule has 0 saturated heterocycles. The van der Waals surface area contributed by atoms with Crippen molar-refractivity contribution in [3.8, 4) is 11.5 Å². The normalized spacial score (nSPS) is 10.5. The van der Waals surface area contributed by atoms with Crippen LogP contribution in [0.5, 0.6) is 11.5 Å². The fourth-order valence-electron chi connectivity index (χ4n) is 2.58. The lowest BCUT2D eigenvalue weighted by Crippen LogP contribution is -2.44. The number of methoxy groups -OCH3 is 1. The van der Waals surface area contributed by atoms with Gasteiger partial charge in [0.15, 0.2) is 6.61 Å². The van der Waals surface area contributed by atoms with Crippen molar-refractivity contribution in [1.82, 2.24) is 10.9 Å². The van der Waals surface area contributed by atoms with E-state index in [-0.39, 0.29) is 18.9 Å². The second-order valence-corrected chi connectivity index (χ2v) is 6.50. The molecule has 0 atom stereocenters. The van der Waals surface area contributed by atoms with E-state index >= 15 is 0 Å². The van der Waals surface area contributed by atoms with Crippen LogP contribution >= 0.6 is 11.6 Å². The maximum absolute atomic E-state index is 12.1. The molecule has 1 heterocycles. The number of aryl methyl sites for hydroxylation is 1. The van der Waals surface area contributed by atoms with Crippen LogP contribution in [0.4, 0.5) is 0 Å². The number of carbonyl (C=O) groups excluding carboxylic acids is 2. The third kappa shape index (κ3) is 4.75. The Labute approximate surface area is 166 Å². The molecule has 8 heteroatoms. The van der Waals surface area contributed by atoms with Gasteiger partial charge in [0.1, 0.15) is 17.1 Å². The molecule has 0 saturated carbocycles. The Balaban J connectivity index is 1.48. The maximum atomic E-state index is 12.1. The number of ether oxygens (including phenoxy) is 2. The molecule has 146 valence electrons. The number of furan rings is 1. The number of rotatable bonds is 6. The lowest BCUT2D eigenvalue weighted by molar-refractivity contribution is -0.129. The molecule has 0 unspecified atom stereocenters. The van der Waals surface area contributed by atoms with Gasteiger partial charge >= 0.3 is 0 Å². The first-order valence-corrected chi connectivity index (χ1v) is 8.85. The zero-order chi connectivity index (χ0) is 20.1. The molecule has 2 amide bonds. The Morgan fingerprint density at radius 1 is 1.07 bits per heavy atom. The van der Waals surface area contributed by atoms with Crippen molar-refractivity contribution < 1.29 is 23.5 Å². The molecule has 2 N–H and O–H groups in total. The third-order valence-electron chi connectivity index (χ3n) is 4.05. The smallest absolute Gasteiger partial charge is 0.276 e. The predicted octanol–water partition coefficient (Wildman–Crippen LogP) is 3.17. The van der Waals surface area contributed by atoms with E-state index in [1.54, 1.807) is 37.4 Å². The highest BCUT2D eigenvalue weighted by Gasteiger charge is 2.12. The van der Waals surface area contributed by atoms with Crippen LogP contribution in [0.1, 0.15) is 11.1 Å². The van der Waals surface area contributed by atoms with E-state index in [0.717, 1.165) is 10.9 Å². The topological polar surface area (TPSA) is 89.8 Å². The van der Waals surface area contributed by atoms with Crippen molar-refractivity contribution in [2.45, 2.75) is 13.3 Å². The second-order valence-electron chi connectivity index (χ2n) is 6.10. The summed E-state index contributed by atoms with van der Waals surface area (Å²) in [6.07, 6.45) is 1.56. The standard InChI is InChI=1S/C20H19ClN2O5/c1-12-7-15(4-6-17(12)21)27-11-20(25)23-22-19(24)8-13-10-28-18-9-14(26-2)3-5-16(13)18/h3-7,9-10H,8,11H2,1-2H3,(H,22,24)(H,23,25).